The molecule has 0 radical (unpaired) electrons. The third-order valence-corrected chi connectivity index (χ3v) is 2.70. The van der Waals surface area contributed by atoms with Crippen LogP contribution in [0, 0.1) is 0 Å². The molecule has 2 atom stereocenters. The molecule has 0 saturated heterocycles. The Hall–Kier alpha value is -1.85. The van der Waals surface area contributed by atoms with E-state index in [4.69, 9.17) is 10.8 Å². The maximum atomic E-state index is 10.7. The van der Waals surface area contributed by atoms with Gasteiger partial charge in [0.1, 0.15) is 6.04 Å². The number of aliphatic carboxylic acids is 1. The molecule has 1 aliphatic rings. The fourth-order valence-electron chi connectivity index (χ4n) is 1.81. The first-order valence-electron chi connectivity index (χ1n) is 5.31. The van der Waals surface area contributed by atoms with Gasteiger partial charge in [0.25, 0.3) is 0 Å². The second kappa shape index (κ2) is 4.57. The molecule has 2 unspecified atom stereocenters. The highest BCUT2D eigenvalue weighted by molar-refractivity contribution is 5.73. The predicted molar refractivity (Wildman–Crippen MR) is 63.4 cm³/mol. The number of rotatable bonds is 3. The van der Waals surface area contributed by atoms with Crippen molar-refractivity contribution in [1.29, 1.82) is 0 Å². The normalized spacial score (nSPS) is 19.8. The lowest BCUT2D eigenvalue weighted by atomic mass is 10.1. The maximum Gasteiger partial charge on any atom is 0.320 e. The van der Waals surface area contributed by atoms with E-state index < -0.39 is 18.1 Å². The number of aliphatic hydroxyl groups excluding tert-OH is 1. The molecular weight excluding hydrogens is 220 g/mol. The summed E-state index contributed by atoms with van der Waals surface area (Å²) in [6, 6.07) is -0.934. The molecule has 0 aliphatic heterocycles. The molecule has 1 aromatic rings. The van der Waals surface area contributed by atoms with E-state index in [2.05, 4.69) is 4.98 Å². The van der Waals surface area contributed by atoms with E-state index in [1.54, 1.807) is 24.4 Å². The van der Waals surface area contributed by atoms with Crippen molar-refractivity contribution in [1.82, 2.24) is 4.98 Å². The van der Waals surface area contributed by atoms with E-state index in [0.29, 0.717) is 0 Å². The quantitative estimate of drug-likeness (QED) is 0.509. The van der Waals surface area contributed by atoms with E-state index in [9.17, 15) is 9.90 Å². The Morgan fingerprint density at radius 2 is 2.35 bits per heavy atom. The molecule has 0 amide bonds. The van der Waals surface area contributed by atoms with Crippen LogP contribution in [0.2, 0.25) is 0 Å². The summed E-state index contributed by atoms with van der Waals surface area (Å²) < 4.78 is 0. The lowest BCUT2D eigenvalue weighted by molar-refractivity contribution is -0.138. The third kappa shape index (κ3) is 2.46. The van der Waals surface area contributed by atoms with Gasteiger partial charge in [-0.2, -0.15) is 0 Å². The minimum atomic E-state index is -1.03. The number of nitrogens with two attached hydrogens (primary N) is 1. The second-order valence-electron chi connectivity index (χ2n) is 4.00. The Bertz CT molecular complexity index is 571. The molecule has 2 rings (SSSR count). The second-order valence-corrected chi connectivity index (χ2v) is 4.00. The van der Waals surface area contributed by atoms with Crippen LogP contribution in [0.5, 0.6) is 0 Å². The molecule has 1 aromatic heterocycles. The van der Waals surface area contributed by atoms with Gasteiger partial charge in [0.2, 0.25) is 0 Å². The standard InChI is InChI=1S/C12H14N2O3/c13-10(12(16)17)4-7-6-14-11-3-1-2-8(15)5-9(7)11/h1-3,5-6,8,10,14-15H,4,13H2,(H,16,17). The molecule has 1 aliphatic carbocycles. The maximum absolute atomic E-state index is 10.7. The van der Waals surface area contributed by atoms with Crippen LogP contribution in [-0.2, 0) is 11.2 Å². The van der Waals surface area contributed by atoms with Crippen molar-refractivity contribution < 1.29 is 15.0 Å². The van der Waals surface area contributed by atoms with Gasteiger partial charge in [-0.05, 0) is 17.7 Å². The molecule has 0 saturated carbocycles. The van der Waals surface area contributed by atoms with Gasteiger partial charge in [0, 0.05) is 23.2 Å². The van der Waals surface area contributed by atoms with Gasteiger partial charge >= 0.3 is 5.97 Å². The van der Waals surface area contributed by atoms with Crippen LogP contribution in [0.25, 0.3) is 12.2 Å². The Kier molecular flexibility index (Phi) is 3.12. The number of aromatic amines is 1. The number of hydrogen-bond donors (Lipinski definition) is 4. The van der Waals surface area contributed by atoms with Crippen molar-refractivity contribution in [2.75, 3.05) is 0 Å². The van der Waals surface area contributed by atoms with Gasteiger partial charge in [-0.1, -0.05) is 12.2 Å². The Balaban J connectivity index is 2.40. The Morgan fingerprint density at radius 1 is 1.59 bits per heavy atom. The van der Waals surface area contributed by atoms with Gasteiger partial charge < -0.3 is 20.9 Å². The molecule has 90 valence electrons. The van der Waals surface area contributed by atoms with Gasteiger partial charge in [0.05, 0.1) is 6.10 Å². The van der Waals surface area contributed by atoms with E-state index in [1.807, 2.05) is 6.08 Å². The number of carbonyl (C=O) groups is 1. The monoisotopic (exact) mass is 234 g/mol. The molecule has 0 spiro atoms. The van der Waals surface area contributed by atoms with Crippen LogP contribution in [0.1, 0.15) is 5.56 Å². The highest BCUT2D eigenvalue weighted by Crippen LogP contribution is 1.97. The summed E-state index contributed by atoms with van der Waals surface area (Å²) in [6.45, 7) is 0. The summed E-state index contributed by atoms with van der Waals surface area (Å²) in [5.74, 6) is -1.03. The number of carboxylic acids is 1. The number of allylic oxidation sites excluding steroid dienone is 1. The third-order valence-electron chi connectivity index (χ3n) is 2.70. The van der Waals surface area contributed by atoms with Crippen LogP contribution < -0.4 is 16.3 Å². The van der Waals surface area contributed by atoms with Crippen LogP contribution >= 0.6 is 0 Å². The zero-order valence-electron chi connectivity index (χ0n) is 9.13. The van der Waals surface area contributed by atoms with Crippen molar-refractivity contribution in [3.63, 3.8) is 0 Å². The highest BCUT2D eigenvalue weighted by Gasteiger charge is 2.14. The highest BCUT2D eigenvalue weighted by atomic mass is 16.4. The first kappa shape index (κ1) is 11.6. The fourth-order valence-corrected chi connectivity index (χ4v) is 1.81. The number of H-pyrrole nitrogens is 1. The van der Waals surface area contributed by atoms with Crippen molar-refractivity contribution in [2.45, 2.75) is 18.6 Å². The van der Waals surface area contributed by atoms with Gasteiger partial charge in [-0.3, -0.25) is 4.79 Å². The average Bonchev–Trinajstić information content (AvgIpc) is 2.53. The molecule has 1 heterocycles. The van der Waals surface area contributed by atoms with Gasteiger partial charge in [0.15, 0.2) is 0 Å². The van der Waals surface area contributed by atoms with Crippen molar-refractivity contribution in [2.24, 2.45) is 5.73 Å². The van der Waals surface area contributed by atoms with Crippen LogP contribution in [-0.4, -0.2) is 33.3 Å². The molecule has 5 heteroatoms. The number of aromatic nitrogens is 1. The molecule has 0 fully saturated rings. The van der Waals surface area contributed by atoms with E-state index in [-0.39, 0.29) is 6.42 Å². The van der Waals surface area contributed by atoms with Crippen LogP contribution in [0.3, 0.4) is 0 Å². The lowest BCUT2D eigenvalue weighted by Crippen LogP contribution is -2.35. The van der Waals surface area contributed by atoms with Crippen LogP contribution in [0.4, 0.5) is 0 Å². The number of nitrogens with one attached hydrogen (secondary N) is 1. The minimum Gasteiger partial charge on any atom is -0.480 e. The Morgan fingerprint density at radius 3 is 3.06 bits per heavy atom. The number of aliphatic hydroxyl groups is 1. The Labute approximate surface area is 97.6 Å². The summed E-state index contributed by atoms with van der Waals surface area (Å²) in [5, 5.41) is 20.0. The molecular formula is C12H14N2O3. The molecule has 0 aromatic carbocycles. The fraction of sp³-hybridized carbons (Fsp3) is 0.250. The van der Waals surface area contributed by atoms with Gasteiger partial charge in [-0.15, -0.1) is 0 Å². The SMILES string of the molecule is NC(Cc1c[nH]c2c1=CC(O)C=CC=2)C(=O)O. The average molecular weight is 234 g/mol. The molecule has 5 N–H and O–H groups in total. The smallest absolute Gasteiger partial charge is 0.320 e. The largest absolute Gasteiger partial charge is 0.480 e. The summed E-state index contributed by atoms with van der Waals surface area (Å²) in [6.07, 6.45) is 8.21. The van der Waals surface area contributed by atoms with Crippen LogP contribution in [0.15, 0.2) is 18.3 Å². The van der Waals surface area contributed by atoms with Crippen molar-refractivity contribution in [3.05, 3.63) is 34.5 Å². The summed E-state index contributed by atoms with van der Waals surface area (Å²) in [5.41, 5.74) is 6.30. The van der Waals surface area contributed by atoms with E-state index >= 15 is 0 Å². The van der Waals surface area contributed by atoms with E-state index in [1.165, 1.54) is 0 Å². The van der Waals surface area contributed by atoms with Crippen molar-refractivity contribution >= 4 is 18.1 Å². The number of hydrogen-bond acceptors (Lipinski definition) is 3. The van der Waals surface area contributed by atoms with Gasteiger partial charge in [-0.25, -0.2) is 0 Å². The molecule has 5 nitrogen and oxygen atoms in total. The summed E-state index contributed by atoms with van der Waals surface area (Å²) in [4.78, 5) is 13.7. The lowest BCUT2D eigenvalue weighted by Gasteiger charge is -2.04. The van der Waals surface area contributed by atoms with Crippen molar-refractivity contribution in [3.8, 4) is 0 Å². The first-order valence-corrected chi connectivity index (χ1v) is 5.31. The van der Waals surface area contributed by atoms with E-state index in [0.717, 1.165) is 16.1 Å². The number of carboxylic acid groups (broad SMARTS) is 1. The molecule has 0 bridgehead atoms. The number of fused-ring (bicyclic) bond motifs is 1. The zero-order valence-corrected chi connectivity index (χ0v) is 9.13. The zero-order chi connectivity index (χ0) is 12.4. The topological polar surface area (TPSA) is 99.3 Å². The molecule has 17 heavy (non-hydrogen) atoms. The predicted octanol–water partition coefficient (Wildman–Crippen LogP) is -1.54. The summed E-state index contributed by atoms with van der Waals surface area (Å²) >= 11 is 0. The minimum absolute atomic E-state index is 0.234. The summed E-state index contributed by atoms with van der Waals surface area (Å²) in [7, 11) is 0. The first-order chi connectivity index (χ1) is 8.08.